The Balaban J connectivity index is 1.40. The molecule has 1 aliphatic rings. The number of aromatic nitrogens is 4. The minimum Gasteiger partial charge on any atom is -0.326 e. The zero-order valence-corrected chi connectivity index (χ0v) is 17.4. The highest BCUT2D eigenvalue weighted by atomic mass is 32.2. The number of nitrogens with one attached hydrogen (secondary N) is 2. The molecule has 30 heavy (non-hydrogen) atoms. The molecular weight excluding hydrogens is 400 g/mol. The molecule has 0 unspecified atom stereocenters. The van der Waals surface area contributed by atoms with E-state index >= 15 is 0 Å². The number of hydrogen-bond donors (Lipinski definition) is 2. The number of carbonyl (C=O) groups excluding carboxylic acids is 2. The highest BCUT2D eigenvalue weighted by Gasteiger charge is 2.18. The van der Waals surface area contributed by atoms with Crippen LogP contribution >= 0.6 is 11.8 Å². The summed E-state index contributed by atoms with van der Waals surface area (Å²) in [6.07, 6.45) is 4.47. The maximum absolute atomic E-state index is 12.4. The molecule has 1 heterocycles. The molecule has 2 amide bonds. The van der Waals surface area contributed by atoms with Crippen LogP contribution in [0.1, 0.15) is 30.9 Å². The van der Waals surface area contributed by atoms with E-state index in [0.29, 0.717) is 16.5 Å². The van der Waals surface area contributed by atoms with Crippen LogP contribution in [0.25, 0.3) is 5.69 Å². The molecular formula is C21H22N6O2S. The van der Waals surface area contributed by atoms with Crippen molar-refractivity contribution in [1.82, 2.24) is 20.2 Å². The lowest BCUT2D eigenvalue weighted by Crippen LogP contribution is -2.15. The van der Waals surface area contributed by atoms with E-state index in [1.165, 1.54) is 36.2 Å². The minimum absolute atomic E-state index is 0.138. The molecule has 3 aromatic rings. The normalized spacial score (nSPS) is 12.8. The van der Waals surface area contributed by atoms with Crippen LogP contribution in [0.15, 0.2) is 47.6 Å². The first-order valence-corrected chi connectivity index (χ1v) is 10.8. The molecule has 2 aromatic carbocycles. The average Bonchev–Trinajstić information content (AvgIpc) is 3.21. The Hall–Kier alpha value is -3.20. The van der Waals surface area contributed by atoms with Crippen LogP contribution in [0.2, 0.25) is 0 Å². The largest absolute Gasteiger partial charge is 0.326 e. The summed E-state index contributed by atoms with van der Waals surface area (Å²) in [5, 5.41) is 18.2. The Morgan fingerprint density at radius 2 is 1.77 bits per heavy atom. The molecule has 0 fully saturated rings. The molecule has 0 aliphatic heterocycles. The van der Waals surface area contributed by atoms with Crippen LogP contribution in [0.4, 0.5) is 11.4 Å². The van der Waals surface area contributed by atoms with Gasteiger partial charge >= 0.3 is 0 Å². The molecule has 154 valence electrons. The molecule has 4 rings (SSSR count). The van der Waals surface area contributed by atoms with E-state index in [0.717, 1.165) is 24.9 Å². The molecule has 0 radical (unpaired) electrons. The Labute approximate surface area is 178 Å². The third-order valence-electron chi connectivity index (χ3n) is 4.86. The summed E-state index contributed by atoms with van der Waals surface area (Å²) >= 11 is 1.30. The predicted molar refractivity (Wildman–Crippen MR) is 116 cm³/mol. The standard InChI is InChI=1S/C21H22N6O2S/c1-14(28)22-16-9-11-17(12-10-16)23-20(29)13-30-21-24-25-26-27(21)19-8-4-6-15-5-2-3-7-18(15)19/h4,6,8-12H,2-3,5,7,13H2,1H3,(H,22,28)(H,23,29). The number of thioether (sulfide) groups is 1. The molecule has 2 N–H and O–H groups in total. The van der Waals surface area contributed by atoms with Crippen LogP contribution < -0.4 is 10.6 Å². The van der Waals surface area contributed by atoms with Gasteiger partial charge in [-0.15, -0.1) is 5.10 Å². The zero-order chi connectivity index (χ0) is 20.9. The molecule has 0 spiro atoms. The molecule has 1 aromatic heterocycles. The van der Waals surface area contributed by atoms with Crippen LogP contribution in [-0.2, 0) is 22.4 Å². The van der Waals surface area contributed by atoms with Crippen molar-refractivity contribution in [2.75, 3.05) is 16.4 Å². The van der Waals surface area contributed by atoms with E-state index < -0.39 is 0 Å². The van der Waals surface area contributed by atoms with Crippen molar-refractivity contribution in [2.24, 2.45) is 0 Å². The van der Waals surface area contributed by atoms with Gasteiger partial charge in [0.05, 0.1) is 11.4 Å². The summed E-state index contributed by atoms with van der Waals surface area (Å²) in [5.41, 5.74) is 4.98. The summed E-state index contributed by atoms with van der Waals surface area (Å²) < 4.78 is 1.73. The Kier molecular flexibility index (Phi) is 6.08. The third-order valence-corrected chi connectivity index (χ3v) is 5.78. The van der Waals surface area contributed by atoms with Crippen molar-refractivity contribution in [3.05, 3.63) is 53.6 Å². The predicted octanol–water partition coefficient (Wildman–Crippen LogP) is 3.23. The number of fused-ring (bicyclic) bond motifs is 1. The fourth-order valence-electron chi connectivity index (χ4n) is 3.55. The van der Waals surface area contributed by atoms with E-state index in [4.69, 9.17) is 0 Å². The first-order chi connectivity index (χ1) is 14.6. The van der Waals surface area contributed by atoms with Crippen molar-refractivity contribution < 1.29 is 9.59 Å². The van der Waals surface area contributed by atoms with Gasteiger partial charge in [0.15, 0.2) is 0 Å². The maximum atomic E-state index is 12.4. The number of carbonyl (C=O) groups is 2. The number of anilines is 2. The number of benzene rings is 2. The lowest BCUT2D eigenvalue weighted by atomic mass is 9.90. The average molecular weight is 423 g/mol. The third kappa shape index (κ3) is 4.68. The van der Waals surface area contributed by atoms with Crippen LogP contribution in [0.5, 0.6) is 0 Å². The van der Waals surface area contributed by atoms with Crippen molar-refractivity contribution in [3.63, 3.8) is 0 Å². The van der Waals surface area contributed by atoms with Gasteiger partial charge in [-0.3, -0.25) is 9.59 Å². The lowest BCUT2D eigenvalue weighted by molar-refractivity contribution is -0.114. The van der Waals surface area contributed by atoms with E-state index in [-0.39, 0.29) is 17.6 Å². The molecule has 0 atom stereocenters. The van der Waals surface area contributed by atoms with Gasteiger partial charge in [0, 0.05) is 18.3 Å². The summed E-state index contributed by atoms with van der Waals surface area (Å²) in [4.78, 5) is 23.5. The first kappa shape index (κ1) is 20.1. The van der Waals surface area contributed by atoms with Crippen LogP contribution in [0.3, 0.4) is 0 Å². The second-order valence-electron chi connectivity index (χ2n) is 7.09. The molecule has 8 nitrogen and oxygen atoms in total. The van der Waals surface area contributed by atoms with Crippen molar-refractivity contribution in [1.29, 1.82) is 0 Å². The highest BCUT2D eigenvalue weighted by molar-refractivity contribution is 7.99. The Bertz CT molecular complexity index is 1060. The summed E-state index contributed by atoms with van der Waals surface area (Å²) in [6, 6.07) is 13.2. The Morgan fingerprint density at radius 3 is 2.53 bits per heavy atom. The van der Waals surface area contributed by atoms with E-state index in [9.17, 15) is 9.59 Å². The van der Waals surface area contributed by atoms with Gasteiger partial charge < -0.3 is 10.6 Å². The molecule has 9 heteroatoms. The first-order valence-electron chi connectivity index (χ1n) is 9.80. The van der Waals surface area contributed by atoms with Gasteiger partial charge in [-0.05, 0) is 77.6 Å². The highest BCUT2D eigenvalue weighted by Crippen LogP contribution is 2.28. The van der Waals surface area contributed by atoms with Crippen molar-refractivity contribution >= 4 is 35.0 Å². The summed E-state index contributed by atoms with van der Waals surface area (Å²) in [5.74, 6) is -0.111. The number of tetrazole rings is 1. The number of nitrogens with zero attached hydrogens (tertiary/aromatic N) is 4. The van der Waals surface area contributed by atoms with Crippen LogP contribution in [0, 0.1) is 0 Å². The fourth-order valence-corrected chi connectivity index (χ4v) is 4.23. The lowest BCUT2D eigenvalue weighted by Gasteiger charge is -2.19. The zero-order valence-electron chi connectivity index (χ0n) is 16.6. The van der Waals surface area contributed by atoms with E-state index in [1.807, 2.05) is 12.1 Å². The summed E-state index contributed by atoms with van der Waals surface area (Å²) in [7, 11) is 0. The number of rotatable bonds is 6. The second kappa shape index (κ2) is 9.08. The minimum atomic E-state index is -0.156. The molecule has 1 aliphatic carbocycles. The monoisotopic (exact) mass is 422 g/mol. The molecule has 0 saturated heterocycles. The van der Waals surface area contributed by atoms with Gasteiger partial charge in [0.1, 0.15) is 0 Å². The van der Waals surface area contributed by atoms with E-state index in [1.54, 1.807) is 28.9 Å². The van der Waals surface area contributed by atoms with Crippen LogP contribution in [-0.4, -0.2) is 37.8 Å². The van der Waals surface area contributed by atoms with Gasteiger partial charge in [-0.2, -0.15) is 4.68 Å². The van der Waals surface area contributed by atoms with Gasteiger partial charge in [0.2, 0.25) is 17.0 Å². The fraction of sp³-hybridized carbons (Fsp3) is 0.286. The second-order valence-corrected chi connectivity index (χ2v) is 8.03. The van der Waals surface area contributed by atoms with Gasteiger partial charge in [-0.1, -0.05) is 23.9 Å². The smallest absolute Gasteiger partial charge is 0.234 e. The SMILES string of the molecule is CC(=O)Nc1ccc(NC(=O)CSc2nnnn2-c2cccc3c2CCCC3)cc1. The number of amides is 2. The topological polar surface area (TPSA) is 102 Å². The number of hydrogen-bond acceptors (Lipinski definition) is 6. The molecule has 0 bridgehead atoms. The summed E-state index contributed by atoms with van der Waals surface area (Å²) in [6.45, 7) is 1.45. The molecule has 0 saturated carbocycles. The van der Waals surface area contributed by atoms with E-state index in [2.05, 4.69) is 32.2 Å². The quantitative estimate of drug-likeness (QED) is 0.592. The van der Waals surface area contributed by atoms with Gasteiger partial charge in [0.25, 0.3) is 0 Å². The van der Waals surface area contributed by atoms with Crippen molar-refractivity contribution in [2.45, 2.75) is 37.8 Å². The maximum Gasteiger partial charge on any atom is 0.234 e. The Morgan fingerprint density at radius 1 is 1.03 bits per heavy atom. The van der Waals surface area contributed by atoms with Gasteiger partial charge in [-0.25, -0.2) is 0 Å². The van der Waals surface area contributed by atoms with Crippen molar-refractivity contribution in [3.8, 4) is 5.69 Å². The number of aryl methyl sites for hydroxylation is 1.